The maximum atomic E-state index is 13.3. The van der Waals surface area contributed by atoms with E-state index in [-0.39, 0.29) is 12.4 Å². The molecular weight excluding hydrogens is 393 g/mol. The third-order valence-corrected chi connectivity index (χ3v) is 5.98. The van der Waals surface area contributed by atoms with Gasteiger partial charge in [0.05, 0.1) is 18.5 Å². The molecule has 1 aliphatic carbocycles. The number of hydrogen-bond donors (Lipinski definition) is 0. The third kappa shape index (κ3) is 3.48. The molecule has 9 heteroatoms. The van der Waals surface area contributed by atoms with Crippen molar-refractivity contribution < 1.29 is 28.2 Å². The zero-order valence-electron chi connectivity index (χ0n) is 16.4. The first kappa shape index (κ1) is 19.2. The van der Waals surface area contributed by atoms with E-state index in [0.717, 1.165) is 37.9 Å². The molecule has 2 aliphatic heterocycles. The Morgan fingerprint density at radius 2 is 1.93 bits per heavy atom. The minimum Gasteiger partial charge on any atom is -0.388 e. The molecule has 2 saturated heterocycles. The van der Waals surface area contributed by atoms with Gasteiger partial charge in [0.15, 0.2) is 0 Å². The summed E-state index contributed by atoms with van der Waals surface area (Å²) < 4.78 is 30.7. The molecule has 1 unspecified atom stereocenters. The van der Waals surface area contributed by atoms with E-state index >= 15 is 0 Å². The van der Waals surface area contributed by atoms with E-state index in [1.54, 1.807) is 12.1 Å². The number of halogens is 1. The van der Waals surface area contributed by atoms with Crippen molar-refractivity contribution >= 4 is 11.9 Å². The van der Waals surface area contributed by atoms with Crippen LogP contribution in [0.2, 0.25) is 0 Å². The average Bonchev–Trinajstić information content (AvgIpc) is 3.28. The fourth-order valence-corrected chi connectivity index (χ4v) is 4.52. The van der Waals surface area contributed by atoms with Gasteiger partial charge in [-0.3, -0.25) is 4.90 Å². The van der Waals surface area contributed by atoms with Crippen LogP contribution in [-0.2, 0) is 30.2 Å². The van der Waals surface area contributed by atoms with Gasteiger partial charge in [-0.15, -0.1) is 0 Å². The molecule has 158 valence electrons. The minimum absolute atomic E-state index is 0.207. The van der Waals surface area contributed by atoms with Crippen molar-refractivity contribution in [3.05, 3.63) is 47.5 Å². The van der Waals surface area contributed by atoms with E-state index in [1.165, 1.54) is 23.4 Å². The number of nitrogens with zero attached hydrogens (tertiary/aromatic N) is 3. The molecule has 1 aromatic carbocycles. The Balaban J connectivity index is 1.27. The lowest BCUT2D eigenvalue weighted by Gasteiger charge is -2.37. The molecule has 2 fully saturated rings. The molecule has 0 radical (unpaired) electrons. The average molecular weight is 415 g/mol. The van der Waals surface area contributed by atoms with E-state index in [0.29, 0.717) is 19.1 Å². The Morgan fingerprint density at radius 3 is 2.70 bits per heavy atom. The summed E-state index contributed by atoms with van der Waals surface area (Å²) in [5.41, 5.74) is 3.26. The van der Waals surface area contributed by atoms with Gasteiger partial charge >= 0.3 is 17.9 Å². The van der Waals surface area contributed by atoms with Crippen LogP contribution < -0.4 is 0 Å². The predicted octanol–water partition coefficient (Wildman–Crippen LogP) is 1.91. The molecule has 30 heavy (non-hydrogen) atoms. The maximum Gasteiger partial charge on any atom is 0.422 e. The molecule has 0 saturated carbocycles. The molecule has 1 aromatic heterocycles. The smallest absolute Gasteiger partial charge is 0.388 e. The third-order valence-electron chi connectivity index (χ3n) is 5.98. The van der Waals surface area contributed by atoms with Gasteiger partial charge in [0.25, 0.3) is 0 Å². The molecule has 0 bridgehead atoms. The van der Waals surface area contributed by atoms with Crippen LogP contribution in [0.25, 0.3) is 5.69 Å². The van der Waals surface area contributed by atoms with E-state index in [9.17, 15) is 14.0 Å². The van der Waals surface area contributed by atoms with Gasteiger partial charge < -0.3 is 14.2 Å². The highest BCUT2D eigenvalue weighted by atomic mass is 19.1. The number of carbonyl (C=O) groups is 2. The van der Waals surface area contributed by atoms with E-state index < -0.39 is 17.9 Å². The molecule has 1 spiro atoms. The predicted molar refractivity (Wildman–Crippen MR) is 101 cm³/mol. The van der Waals surface area contributed by atoms with Gasteiger partial charge in [0, 0.05) is 12.2 Å². The standard InChI is InChI=1S/C21H22FN3O5/c22-15-4-6-16(7-5-15)25-18-3-1-2-14(17(18)12-23-25)8-9-24-10-11-28-21(13-24)29-19(26)20(27)30-21/h4-7,12,14H,1-3,8-11,13H2. The summed E-state index contributed by atoms with van der Waals surface area (Å²) in [6, 6.07) is 6.37. The first-order valence-corrected chi connectivity index (χ1v) is 10.2. The molecule has 2 aromatic rings. The molecule has 3 aliphatic rings. The number of ether oxygens (including phenoxy) is 3. The first-order valence-electron chi connectivity index (χ1n) is 10.2. The molecule has 5 rings (SSSR count). The quantitative estimate of drug-likeness (QED) is 0.557. The summed E-state index contributed by atoms with van der Waals surface area (Å²) in [6.07, 6.45) is 5.90. The molecule has 0 amide bonds. The van der Waals surface area contributed by atoms with Crippen LogP contribution in [0.4, 0.5) is 4.39 Å². The highest BCUT2D eigenvalue weighted by Crippen LogP contribution is 2.36. The minimum atomic E-state index is -1.60. The zero-order valence-corrected chi connectivity index (χ0v) is 16.4. The fraction of sp³-hybridized carbons (Fsp3) is 0.476. The van der Waals surface area contributed by atoms with Gasteiger partial charge in [-0.05, 0) is 68.0 Å². The van der Waals surface area contributed by atoms with Gasteiger partial charge in [-0.25, -0.2) is 18.7 Å². The second-order valence-corrected chi connectivity index (χ2v) is 7.90. The number of benzene rings is 1. The Labute approximate surface area is 172 Å². The van der Waals surface area contributed by atoms with E-state index in [1.807, 2.05) is 10.9 Å². The summed E-state index contributed by atoms with van der Waals surface area (Å²) in [5, 5.41) is 4.56. The summed E-state index contributed by atoms with van der Waals surface area (Å²) in [7, 11) is 0. The fourth-order valence-electron chi connectivity index (χ4n) is 4.52. The second-order valence-electron chi connectivity index (χ2n) is 7.90. The molecular formula is C21H22FN3O5. The van der Waals surface area contributed by atoms with Crippen molar-refractivity contribution in [3.63, 3.8) is 0 Å². The topological polar surface area (TPSA) is 82.9 Å². The van der Waals surface area contributed by atoms with Crippen molar-refractivity contribution in [1.29, 1.82) is 0 Å². The summed E-state index contributed by atoms with van der Waals surface area (Å²) in [4.78, 5) is 24.9. The maximum absolute atomic E-state index is 13.3. The van der Waals surface area contributed by atoms with E-state index in [4.69, 9.17) is 14.2 Å². The molecule has 8 nitrogen and oxygen atoms in total. The Kier molecular flexibility index (Phi) is 4.79. The lowest BCUT2D eigenvalue weighted by molar-refractivity contribution is -0.338. The zero-order chi connectivity index (χ0) is 20.7. The van der Waals surface area contributed by atoms with Crippen LogP contribution in [0.15, 0.2) is 30.5 Å². The number of fused-ring (bicyclic) bond motifs is 1. The Hall–Kier alpha value is -2.78. The van der Waals surface area contributed by atoms with Crippen LogP contribution in [0, 0.1) is 5.82 Å². The SMILES string of the molecule is O=C1OC2(CN(CCC3CCCc4c3cnn4-c3ccc(F)cc3)CCO2)OC1=O. The van der Waals surface area contributed by atoms with Crippen LogP contribution in [0.5, 0.6) is 0 Å². The van der Waals surface area contributed by atoms with Crippen molar-refractivity contribution in [2.45, 2.75) is 37.6 Å². The van der Waals surface area contributed by atoms with Crippen molar-refractivity contribution in [3.8, 4) is 5.69 Å². The number of morpholine rings is 1. The lowest BCUT2D eigenvalue weighted by Crippen LogP contribution is -2.53. The highest BCUT2D eigenvalue weighted by Gasteiger charge is 2.53. The first-order chi connectivity index (χ1) is 14.5. The second kappa shape index (κ2) is 7.48. The van der Waals surface area contributed by atoms with Gasteiger partial charge in [-0.1, -0.05) is 0 Å². The largest absolute Gasteiger partial charge is 0.422 e. The normalized spacial score (nSPS) is 23.3. The van der Waals surface area contributed by atoms with Crippen molar-refractivity contribution in [2.75, 3.05) is 26.2 Å². The summed E-state index contributed by atoms with van der Waals surface area (Å²) in [6.45, 7) is 1.95. The Morgan fingerprint density at radius 1 is 1.17 bits per heavy atom. The Bertz CT molecular complexity index is 958. The van der Waals surface area contributed by atoms with Crippen molar-refractivity contribution in [2.24, 2.45) is 0 Å². The highest BCUT2D eigenvalue weighted by molar-refractivity contribution is 6.31. The van der Waals surface area contributed by atoms with Gasteiger partial charge in [-0.2, -0.15) is 5.10 Å². The van der Waals surface area contributed by atoms with Crippen LogP contribution in [0.1, 0.15) is 36.4 Å². The summed E-state index contributed by atoms with van der Waals surface area (Å²) in [5.74, 6) is -3.53. The number of carbonyl (C=O) groups excluding carboxylic acids is 2. The number of esters is 2. The van der Waals surface area contributed by atoms with Crippen molar-refractivity contribution in [1.82, 2.24) is 14.7 Å². The van der Waals surface area contributed by atoms with Gasteiger partial charge in [0.1, 0.15) is 12.4 Å². The lowest BCUT2D eigenvalue weighted by atomic mass is 9.84. The number of hydrogen-bond acceptors (Lipinski definition) is 7. The van der Waals surface area contributed by atoms with Gasteiger partial charge in [0.2, 0.25) is 0 Å². The summed E-state index contributed by atoms with van der Waals surface area (Å²) >= 11 is 0. The number of rotatable bonds is 4. The van der Waals surface area contributed by atoms with Crippen LogP contribution in [0.3, 0.4) is 0 Å². The van der Waals surface area contributed by atoms with Crippen LogP contribution in [-0.4, -0.2) is 58.8 Å². The molecule has 3 heterocycles. The molecule has 1 atom stereocenters. The van der Waals surface area contributed by atoms with E-state index in [2.05, 4.69) is 10.00 Å². The number of aromatic nitrogens is 2. The molecule has 0 N–H and O–H groups in total. The van der Waals surface area contributed by atoms with Crippen LogP contribution >= 0.6 is 0 Å². The monoisotopic (exact) mass is 415 g/mol.